The van der Waals surface area contributed by atoms with Gasteiger partial charge in [-0.2, -0.15) is 0 Å². The molecule has 0 heterocycles. The second kappa shape index (κ2) is 6.62. The maximum Gasteiger partial charge on any atom is 0.673 e. The minimum atomic E-state index is -6.00. The molecule has 0 fully saturated rings. The van der Waals surface area contributed by atoms with E-state index in [1.807, 2.05) is 25.2 Å². The fourth-order valence-electron chi connectivity index (χ4n) is 0.682. The van der Waals surface area contributed by atoms with Gasteiger partial charge in [-0.25, -0.2) is 0 Å². The number of halogens is 4. The van der Waals surface area contributed by atoms with Crippen molar-refractivity contribution < 1.29 is 26.5 Å². The van der Waals surface area contributed by atoms with Crippen LogP contribution < -0.4 is 0 Å². The molecule has 0 atom stereocenters. The quantitative estimate of drug-likeness (QED) is 0.327. The van der Waals surface area contributed by atoms with Gasteiger partial charge in [-0.3, -0.25) is 0 Å². The zero-order valence-electron chi connectivity index (χ0n) is 10.5. The molecule has 0 saturated heterocycles. The lowest BCUT2D eigenvalue weighted by atomic mass is 10.3. The highest BCUT2D eigenvalue weighted by Crippen LogP contribution is 2.06. The van der Waals surface area contributed by atoms with E-state index in [2.05, 4.69) is 21.1 Å². The molecule has 0 aromatic rings. The summed E-state index contributed by atoms with van der Waals surface area (Å²) in [6.45, 7) is 0. The van der Waals surface area contributed by atoms with Gasteiger partial charge in [0.25, 0.3) is 0 Å². The third-order valence-electron chi connectivity index (χ3n) is 1.15. The molecule has 0 aliphatic carbocycles. The van der Waals surface area contributed by atoms with E-state index in [4.69, 9.17) is 4.74 Å². The van der Waals surface area contributed by atoms with Crippen LogP contribution in [0.4, 0.5) is 17.3 Å². The van der Waals surface area contributed by atoms with E-state index in [-0.39, 0.29) is 0 Å². The van der Waals surface area contributed by atoms with Crippen LogP contribution in [0.1, 0.15) is 0 Å². The van der Waals surface area contributed by atoms with Crippen LogP contribution in [0.3, 0.4) is 0 Å². The first-order chi connectivity index (χ1) is 6.87. The lowest BCUT2D eigenvalue weighted by Crippen LogP contribution is -2.30. The number of rotatable bonds is 3. The number of ether oxygens (including phenoxy) is 1. The van der Waals surface area contributed by atoms with Crippen molar-refractivity contribution in [1.82, 2.24) is 4.90 Å². The molecule has 0 spiro atoms. The summed E-state index contributed by atoms with van der Waals surface area (Å²) < 4.78 is 44.9. The van der Waals surface area contributed by atoms with Crippen molar-refractivity contribution in [3.8, 4) is 0 Å². The van der Waals surface area contributed by atoms with Gasteiger partial charge in [0.1, 0.15) is 0 Å². The number of hydrogen-bond acceptors (Lipinski definition) is 2. The molecule has 0 unspecified atom stereocenters. The van der Waals surface area contributed by atoms with E-state index in [1.165, 1.54) is 0 Å². The molecule has 0 aromatic carbocycles. The molecule has 0 rings (SSSR count). The molecule has 0 bridgehead atoms. The second-order valence-corrected chi connectivity index (χ2v) is 4.18. The van der Waals surface area contributed by atoms with Crippen molar-refractivity contribution in [2.45, 2.75) is 0 Å². The Hall–Kier alpha value is -0.915. The fourth-order valence-corrected chi connectivity index (χ4v) is 0.682. The van der Waals surface area contributed by atoms with Crippen LogP contribution in [0, 0.1) is 0 Å². The largest absolute Gasteiger partial charge is 0.673 e. The van der Waals surface area contributed by atoms with Crippen LogP contribution in [-0.4, -0.2) is 59.0 Å². The van der Waals surface area contributed by atoms with Crippen molar-refractivity contribution in [3.05, 3.63) is 12.1 Å². The van der Waals surface area contributed by atoms with Crippen molar-refractivity contribution in [1.29, 1.82) is 0 Å². The number of nitrogens with zero attached hydrogens (tertiary/aromatic N) is 2. The summed E-state index contributed by atoms with van der Waals surface area (Å²) >= 11 is 0. The first-order valence-electron chi connectivity index (χ1n) is 4.49. The fraction of sp³-hybridized carbons (Fsp3) is 0.750. The first kappa shape index (κ1) is 17.5. The predicted molar refractivity (Wildman–Crippen MR) is 57.0 cm³/mol. The van der Waals surface area contributed by atoms with Crippen LogP contribution in [-0.2, 0) is 4.74 Å². The van der Waals surface area contributed by atoms with Crippen molar-refractivity contribution in [3.63, 3.8) is 0 Å². The van der Waals surface area contributed by atoms with Crippen molar-refractivity contribution >= 4 is 7.25 Å². The Bertz CT molecular complexity index is 217. The van der Waals surface area contributed by atoms with E-state index in [1.54, 1.807) is 7.11 Å². The number of methoxy groups -OCH3 is 1. The topological polar surface area (TPSA) is 12.5 Å². The Morgan fingerprint density at radius 2 is 1.44 bits per heavy atom. The maximum absolute atomic E-state index is 9.75. The molecule has 0 aliphatic rings. The minimum absolute atomic E-state index is 0.765. The molecule has 0 amide bonds. The summed E-state index contributed by atoms with van der Waals surface area (Å²) in [4.78, 5) is 1.95. The molecule has 98 valence electrons. The lowest BCUT2D eigenvalue weighted by Gasteiger charge is -2.22. The predicted octanol–water partition coefficient (Wildman–Crippen LogP) is 2.00. The molecular formula is C8H19BF4N2O. The molecule has 3 nitrogen and oxygen atoms in total. The number of hydrogen-bond donors (Lipinski definition) is 0. The molecule has 16 heavy (non-hydrogen) atoms. The molecular weight excluding hydrogens is 227 g/mol. The van der Waals surface area contributed by atoms with Gasteiger partial charge in [-0.15, -0.1) is 0 Å². The van der Waals surface area contributed by atoms with Gasteiger partial charge in [0.15, 0.2) is 6.20 Å². The molecule has 0 N–H and O–H groups in total. The normalized spacial score (nSPS) is 12.8. The van der Waals surface area contributed by atoms with Crippen molar-refractivity contribution in [2.24, 2.45) is 0 Å². The summed E-state index contributed by atoms with van der Waals surface area (Å²) in [5, 5.41) is 0. The highest BCUT2D eigenvalue weighted by atomic mass is 19.5. The summed E-state index contributed by atoms with van der Waals surface area (Å²) in [6, 6.07) is 0. The molecule has 0 saturated carbocycles. The van der Waals surface area contributed by atoms with E-state index >= 15 is 0 Å². The van der Waals surface area contributed by atoms with Gasteiger partial charge in [0.05, 0.1) is 28.3 Å². The molecule has 8 heteroatoms. The van der Waals surface area contributed by atoms with Gasteiger partial charge in [-0.05, 0) is 0 Å². The second-order valence-electron chi connectivity index (χ2n) is 4.18. The third kappa shape index (κ3) is 18.8. The molecule has 0 aliphatic heterocycles. The summed E-state index contributed by atoms with van der Waals surface area (Å²) in [6.07, 6.45) is 2.04. The van der Waals surface area contributed by atoms with Crippen molar-refractivity contribution in [2.75, 3.05) is 42.3 Å². The van der Waals surface area contributed by atoms with Crippen LogP contribution in [0.5, 0.6) is 0 Å². The van der Waals surface area contributed by atoms with E-state index in [0.29, 0.717) is 0 Å². The van der Waals surface area contributed by atoms with Crippen LogP contribution >= 0.6 is 0 Å². The van der Waals surface area contributed by atoms with E-state index in [0.717, 1.165) is 10.4 Å². The van der Waals surface area contributed by atoms with Gasteiger partial charge in [-0.1, -0.05) is 0 Å². The highest BCUT2D eigenvalue weighted by Gasteiger charge is 2.20. The Kier molecular flexibility index (Phi) is 7.23. The Morgan fingerprint density at radius 1 is 1.12 bits per heavy atom. The third-order valence-corrected chi connectivity index (χ3v) is 1.15. The summed E-state index contributed by atoms with van der Waals surface area (Å²) in [7, 11) is 5.87. The molecule has 0 radical (unpaired) electrons. The SMILES string of the molecule is CO/C(=C\[N+](C)(C)C)N(C)C.F[B-](F)(F)F. The highest BCUT2D eigenvalue weighted by molar-refractivity contribution is 6.50. The average Bonchev–Trinajstić information content (AvgIpc) is 1.94. The van der Waals surface area contributed by atoms with Gasteiger partial charge < -0.3 is 31.4 Å². The Balaban J connectivity index is 0. The lowest BCUT2D eigenvalue weighted by molar-refractivity contribution is -0.818. The van der Waals surface area contributed by atoms with Gasteiger partial charge >= 0.3 is 7.25 Å². The zero-order chi connectivity index (χ0) is 13.6. The monoisotopic (exact) mass is 246 g/mol. The zero-order valence-corrected chi connectivity index (χ0v) is 10.5. The van der Waals surface area contributed by atoms with Gasteiger partial charge in [0, 0.05) is 14.1 Å². The number of quaternary nitrogens is 1. The van der Waals surface area contributed by atoms with E-state index < -0.39 is 7.25 Å². The Morgan fingerprint density at radius 3 is 1.50 bits per heavy atom. The smallest absolute Gasteiger partial charge is 0.479 e. The summed E-state index contributed by atoms with van der Waals surface area (Å²) in [5.41, 5.74) is 0. The minimum Gasteiger partial charge on any atom is -0.479 e. The molecule has 0 aromatic heterocycles. The van der Waals surface area contributed by atoms with Gasteiger partial charge in [0.2, 0.25) is 5.88 Å². The van der Waals surface area contributed by atoms with Crippen LogP contribution in [0.25, 0.3) is 0 Å². The maximum atomic E-state index is 9.75. The van der Waals surface area contributed by atoms with Crippen LogP contribution in [0.15, 0.2) is 12.1 Å². The standard InChI is InChI=1S/C8H19N2O.BF4/c1-9(2)8(11-6)7-10(3,4)5;2-1(3,4)5/h7H,1-6H3;/q+1;-1/b8-7-;. The van der Waals surface area contributed by atoms with Crippen LogP contribution in [0.2, 0.25) is 0 Å². The summed E-state index contributed by atoms with van der Waals surface area (Å²) in [5.74, 6) is 0.887. The average molecular weight is 246 g/mol. The Labute approximate surface area is 94.0 Å². The van der Waals surface area contributed by atoms with E-state index in [9.17, 15) is 17.3 Å². The first-order valence-corrected chi connectivity index (χ1v) is 4.49.